The SMILES string of the molecule is CC(C)(Oc1ccc([N+](=O)[O-])cc1[N+](=O)[O-])c1ccccc1. The molecule has 0 saturated heterocycles. The zero-order valence-electron chi connectivity index (χ0n) is 12.1. The average Bonchev–Trinajstić information content (AvgIpc) is 2.47. The lowest BCUT2D eigenvalue weighted by Crippen LogP contribution is -2.25. The van der Waals surface area contributed by atoms with Crippen LogP contribution in [0.1, 0.15) is 19.4 Å². The van der Waals surface area contributed by atoms with Crippen LogP contribution < -0.4 is 4.74 Å². The summed E-state index contributed by atoms with van der Waals surface area (Å²) in [5, 5.41) is 21.9. The summed E-state index contributed by atoms with van der Waals surface area (Å²) in [6.07, 6.45) is 0. The van der Waals surface area contributed by atoms with E-state index >= 15 is 0 Å². The molecular weight excluding hydrogens is 288 g/mol. The number of ether oxygens (including phenoxy) is 1. The largest absolute Gasteiger partial charge is 0.476 e. The van der Waals surface area contributed by atoms with Crippen molar-refractivity contribution in [2.45, 2.75) is 19.4 Å². The molecule has 7 heteroatoms. The molecule has 0 saturated carbocycles. The molecule has 0 spiro atoms. The summed E-state index contributed by atoms with van der Waals surface area (Å²) >= 11 is 0. The van der Waals surface area contributed by atoms with Crippen molar-refractivity contribution in [1.29, 1.82) is 0 Å². The van der Waals surface area contributed by atoms with E-state index in [2.05, 4.69) is 0 Å². The van der Waals surface area contributed by atoms with Crippen molar-refractivity contribution in [2.24, 2.45) is 0 Å². The van der Waals surface area contributed by atoms with Gasteiger partial charge in [0.05, 0.1) is 15.9 Å². The Hall–Kier alpha value is -2.96. The molecule has 0 heterocycles. The van der Waals surface area contributed by atoms with Crippen LogP contribution >= 0.6 is 0 Å². The Morgan fingerprint density at radius 3 is 2.14 bits per heavy atom. The lowest BCUT2D eigenvalue weighted by Gasteiger charge is -2.26. The van der Waals surface area contributed by atoms with Crippen molar-refractivity contribution < 1.29 is 14.6 Å². The third-order valence-electron chi connectivity index (χ3n) is 3.18. The standard InChI is InChI=1S/C15H14N2O5/c1-15(2,11-6-4-3-5-7-11)22-14-9-8-12(16(18)19)10-13(14)17(20)21/h3-10H,1-2H3. The maximum atomic E-state index is 11.1. The summed E-state index contributed by atoms with van der Waals surface area (Å²) in [6, 6.07) is 12.6. The number of rotatable bonds is 5. The van der Waals surface area contributed by atoms with Gasteiger partial charge < -0.3 is 4.74 Å². The Labute approximate surface area is 126 Å². The van der Waals surface area contributed by atoms with Crippen LogP contribution in [0.4, 0.5) is 11.4 Å². The first-order valence-electron chi connectivity index (χ1n) is 6.48. The van der Waals surface area contributed by atoms with Gasteiger partial charge in [0.2, 0.25) is 0 Å². The molecule has 2 rings (SSSR count). The number of nitrogens with zero attached hydrogens (tertiary/aromatic N) is 2. The molecule has 2 aromatic carbocycles. The van der Waals surface area contributed by atoms with Gasteiger partial charge in [0, 0.05) is 6.07 Å². The van der Waals surface area contributed by atoms with E-state index in [-0.39, 0.29) is 11.4 Å². The second-order valence-corrected chi connectivity index (χ2v) is 5.14. The van der Waals surface area contributed by atoms with Gasteiger partial charge in [-0.3, -0.25) is 20.2 Å². The van der Waals surface area contributed by atoms with Gasteiger partial charge in [-0.05, 0) is 25.5 Å². The topological polar surface area (TPSA) is 95.5 Å². The second-order valence-electron chi connectivity index (χ2n) is 5.14. The number of non-ortho nitro benzene ring substituents is 1. The van der Waals surface area contributed by atoms with Crippen LogP contribution in [0.15, 0.2) is 48.5 Å². The molecule has 0 N–H and O–H groups in total. The van der Waals surface area contributed by atoms with E-state index in [1.807, 2.05) is 30.3 Å². The lowest BCUT2D eigenvalue weighted by atomic mass is 9.98. The lowest BCUT2D eigenvalue weighted by molar-refractivity contribution is -0.395. The van der Waals surface area contributed by atoms with Gasteiger partial charge in [0.25, 0.3) is 5.69 Å². The van der Waals surface area contributed by atoms with Crippen molar-refractivity contribution in [2.75, 3.05) is 0 Å². The molecular formula is C15H14N2O5. The molecule has 0 aliphatic carbocycles. The zero-order chi connectivity index (χ0) is 16.3. The van der Waals surface area contributed by atoms with Crippen LogP contribution in [-0.2, 0) is 5.60 Å². The van der Waals surface area contributed by atoms with Gasteiger partial charge in [0.15, 0.2) is 5.75 Å². The normalized spacial score (nSPS) is 11.0. The average molecular weight is 302 g/mol. The molecule has 22 heavy (non-hydrogen) atoms. The van der Waals surface area contributed by atoms with E-state index in [0.717, 1.165) is 11.6 Å². The molecule has 114 valence electrons. The molecule has 0 radical (unpaired) electrons. The van der Waals surface area contributed by atoms with Gasteiger partial charge in [-0.1, -0.05) is 30.3 Å². The highest BCUT2D eigenvalue weighted by Gasteiger charge is 2.28. The van der Waals surface area contributed by atoms with Crippen molar-refractivity contribution in [1.82, 2.24) is 0 Å². The molecule has 0 amide bonds. The Balaban J connectivity index is 2.41. The number of benzene rings is 2. The van der Waals surface area contributed by atoms with E-state index in [0.29, 0.717) is 0 Å². The van der Waals surface area contributed by atoms with Crippen molar-refractivity contribution in [3.63, 3.8) is 0 Å². The predicted octanol–water partition coefficient (Wildman–Crippen LogP) is 3.82. The van der Waals surface area contributed by atoms with Crippen LogP contribution in [0.3, 0.4) is 0 Å². The summed E-state index contributed by atoms with van der Waals surface area (Å²) < 4.78 is 5.75. The summed E-state index contributed by atoms with van der Waals surface area (Å²) in [6.45, 7) is 3.54. The highest BCUT2D eigenvalue weighted by molar-refractivity contribution is 5.53. The van der Waals surface area contributed by atoms with E-state index < -0.39 is 21.1 Å². The molecule has 0 bridgehead atoms. The van der Waals surface area contributed by atoms with Gasteiger partial charge >= 0.3 is 5.69 Å². The monoisotopic (exact) mass is 302 g/mol. The van der Waals surface area contributed by atoms with E-state index in [1.54, 1.807) is 13.8 Å². The minimum absolute atomic E-state index is 0.00977. The molecule has 0 fully saturated rings. The van der Waals surface area contributed by atoms with E-state index in [4.69, 9.17) is 4.74 Å². The molecule has 2 aromatic rings. The summed E-state index contributed by atoms with van der Waals surface area (Å²) in [5.74, 6) is -0.00977. The summed E-state index contributed by atoms with van der Waals surface area (Å²) in [5.41, 5.74) is -0.764. The van der Waals surface area contributed by atoms with Gasteiger partial charge in [-0.2, -0.15) is 0 Å². The Kier molecular flexibility index (Phi) is 4.07. The number of nitro groups is 2. The highest BCUT2D eigenvalue weighted by atomic mass is 16.6. The Morgan fingerprint density at radius 1 is 0.955 bits per heavy atom. The fourth-order valence-corrected chi connectivity index (χ4v) is 2.02. The molecule has 7 nitrogen and oxygen atoms in total. The first kappa shape index (κ1) is 15.4. The van der Waals surface area contributed by atoms with Gasteiger partial charge in [0.1, 0.15) is 5.60 Å². The third-order valence-corrected chi connectivity index (χ3v) is 3.18. The number of hydrogen-bond acceptors (Lipinski definition) is 5. The maximum Gasteiger partial charge on any atom is 0.317 e. The van der Waals surface area contributed by atoms with Crippen LogP contribution in [-0.4, -0.2) is 9.85 Å². The third kappa shape index (κ3) is 3.20. The van der Waals surface area contributed by atoms with Crippen LogP contribution in [0.5, 0.6) is 5.75 Å². The maximum absolute atomic E-state index is 11.1. The first-order chi connectivity index (χ1) is 10.3. The van der Waals surface area contributed by atoms with Crippen molar-refractivity contribution >= 4 is 11.4 Å². The quantitative estimate of drug-likeness (QED) is 0.618. The zero-order valence-corrected chi connectivity index (χ0v) is 12.1. The van der Waals surface area contributed by atoms with Crippen LogP contribution in [0, 0.1) is 20.2 Å². The van der Waals surface area contributed by atoms with Gasteiger partial charge in [-0.15, -0.1) is 0 Å². The first-order valence-corrected chi connectivity index (χ1v) is 6.48. The van der Waals surface area contributed by atoms with Crippen LogP contribution in [0.2, 0.25) is 0 Å². The molecule has 0 aliphatic rings. The molecule has 0 atom stereocenters. The van der Waals surface area contributed by atoms with Crippen molar-refractivity contribution in [3.05, 3.63) is 74.3 Å². The summed E-state index contributed by atoms with van der Waals surface area (Å²) in [4.78, 5) is 20.5. The fourth-order valence-electron chi connectivity index (χ4n) is 2.02. The minimum atomic E-state index is -0.817. The molecule has 0 aromatic heterocycles. The Morgan fingerprint density at radius 2 is 1.59 bits per heavy atom. The molecule has 0 unspecified atom stereocenters. The van der Waals surface area contributed by atoms with E-state index in [9.17, 15) is 20.2 Å². The van der Waals surface area contributed by atoms with E-state index in [1.165, 1.54) is 12.1 Å². The fraction of sp³-hybridized carbons (Fsp3) is 0.200. The Bertz CT molecular complexity index is 713. The number of hydrogen-bond donors (Lipinski definition) is 0. The highest BCUT2D eigenvalue weighted by Crippen LogP contribution is 2.36. The van der Waals surface area contributed by atoms with Gasteiger partial charge in [-0.25, -0.2) is 0 Å². The molecule has 0 aliphatic heterocycles. The smallest absolute Gasteiger partial charge is 0.317 e. The van der Waals surface area contributed by atoms with Crippen LogP contribution in [0.25, 0.3) is 0 Å². The van der Waals surface area contributed by atoms with Crippen molar-refractivity contribution in [3.8, 4) is 5.75 Å². The summed E-state index contributed by atoms with van der Waals surface area (Å²) in [7, 11) is 0. The minimum Gasteiger partial charge on any atom is -0.476 e. The number of nitro benzene ring substituents is 2. The predicted molar refractivity (Wildman–Crippen MR) is 79.8 cm³/mol. The second kappa shape index (κ2) is 5.80.